The van der Waals surface area contributed by atoms with Gasteiger partial charge in [-0.25, -0.2) is 0 Å². The van der Waals surface area contributed by atoms with Crippen LogP contribution < -0.4 is 0 Å². The Hall–Kier alpha value is -0.750. The van der Waals surface area contributed by atoms with E-state index >= 15 is 0 Å². The summed E-state index contributed by atoms with van der Waals surface area (Å²) in [6, 6.07) is 0. The molecule has 0 bridgehead atoms. The van der Waals surface area contributed by atoms with Gasteiger partial charge >= 0.3 is 11.9 Å². The lowest BCUT2D eigenvalue weighted by molar-refractivity contribution is -0.212. The zero-order valence-corrected chi connectivity index (χ0v) is 27.2. The van der Waals surface area contributed by atoms with E-state index in [0.717, 1.165) is 55.1 Å². The molecule has 228 valence electrons. The second-order valence-corrected chi connectivity index (χ2v) is 16.7. The SMILES string of the molecule is CC(=O)OCC1CS[C@@]2(C[C@H]3[C@@H]4CC[C@H]([C@H](C)CCCC(C)C)[C@@]4(C)CC[C@@H]3[C@@]3(C)CC[C@H](OC(C)=O)C[C@@H]32)O1. The molecule has 1 heterocycles. The minimum atomic E-state index is -0.279. The molecule has 1 saturated heterocycles. The Bertz CT molecular complexity index is 937. The Morgan fingerprint density at radius 2 is 1.68 bits per heavy atom. The molecule has 5 aliphatic rings. The lowest BCUT2D eigenvalue weighted by Gasteiger charge is -2.65. The third-order valence-corrected chi connectivity index (χ3v) is 14.1. The summed E-state index contributed by atoms with van der Waals surface area (Å²) < 4.78 is 18.3. The zero-order chi connectivity index (χ0) is 28.9. The highest BCUT2D eigenvalue weighted by Gasteiger charge is 2.68. The normalized spacial score (nSPS) is 45.0. The number of carbonyl (C=O) groups is 2. The fourth-order valence-corrected chi connectivity index (χ4v) is 12.5. The van der Waals surface area contributed by atoms with Gasteiger partial charge in [0.2, 0.25) is 0 Å². The highest BCUT2D eigenvalue weighted by molar-refractivity contribution is 8.00. The molecule has 6 heteroatoms. The number of fused-ring (bicyclic) bond motifs is 6. The predicted molar refractivity (Wildman–Crippen MR) is 161 cm³/mol. The molecule has 1 aliphatic heterocycles. The van der Waals surface area contributed by atoms with Crippen molar-refractivity contribution in [1.82, 2.24) is 0 Å². The van der Waals surface area contributed by atoms with Gasteiger partial charge in [-0.05, 0) is 97.7 Å². The summed E-state index contributed by atoms with van der Waals surface area (Å²) in [5, 5.41) is 0. The maximum Gasteiger partial charge on any atom is 0.302 e. The third kappa shape index (κ3) is 5.63. The van der Waals surface area contributed by atoms with Crippen molar-refractivity contribution in [1.29, 1.82) is 0 Å². The molecule has 11 atom stereocenters. The van der Waals surface area contributed by atoms with Crippen LogP contribution in [0.15, 0.2) is 0 Å². The van der Waals surface area contributed by atoms with Crippen LogP contribution in [-0.2, 0) is 23.8 Å². The van der Waals surface area contributed by atoms with Crippen molar-refractivity contribution < 1.29 is 23.8 Å². The van der Waals surface area contributed by atoms with Crippen LogP contribution >= 0.6 is 11.8 Å². The van der Waals surface area contributed by atoms with Crippen molar-refractivity contribution in [3.8, 4) is 0 Å². The summed E-state index contributed by atoms with van der Waals surface area (Å²) in [6.45, 7) is 15.8. The highest BCUT2D eigenvalue weighted by atomic mass is 32.2. The molecule has 1 unspecified atom stereocenters. The third-order valence-electron chi connectivity index (χ3n) is 12.5. The Labute approximate surface area is 248 Å². The molecular weight excluding hydrogens is 520 g/mol. The summed E-state index contributed by atoms with van der Waals surface area (Å²) >= 11 is 1.99. The molecule has 5 rings (SSSR count). The summed E-state index contributed by atoms with van der Waals surface area (Å²) in [5.41, 5.74) is 0.614. The first-order valence-electron chi connectivity index (χ1n) is 16.5. The molecule has 5 nitrogen and oxygen atoms in total. The van der Waals surface area contributed by atoms with Gasteiger partial charge in [0.15, 0.2) is 0 Å². The Morgan fingerprint density at radius 3 is 2.38 bits per heavy atom. The minimum absolute atomic E-state index is 0.0166. The van der Waals surface area contributed by atoms with Gasteiger partial charge in [-0.1, -0.05) is 53.9 Å². The second kappa shape index (κ2) is 11.7. The van der Waals surface area contributed by atoms with Crippen LogP contribution in [0.25, 0.3) is 0 Å². The van der Waals surface area contributed by atoms with E-state index in [9.17, 15) is 9.59 Å². The lowest BCUT2D eigenvalue weighted by Crippen LogP contribution is -2.62. The van der Waals surface area contributed by atoms with Crippen LogP contribution in [-0.4, -0.2) is 41.4 Å². The molecule has 4 aliphatic carbocycles. The molecule has 4 saturated carbocycles. The fourth-order valence-electron chi connectivity index (χ4n) is 10.8. The maximum absolute atomic E-state index is 11.9. The summed E-state index contributed by atoms with van der Waals surface area (Å²) in [6.07, 6.45) is 13.5. The Balaban J connectivity index is 1.40. The standard InChI is InChI=1S/C34H56O5S/c1-21(2)9-8-10-22(3)28-11-12-29-27-18-34(39-26(20-40-34)19-37-23(4)35)31-17-25(38-24(5)36)13-15-33(31,7)30(27)14-16-32(28,29)6/h21-22,25-31H,8-20H2,1-7H3/t22-,25+,26?,27+,28-,29+,30+,31+,32-,33-,34-/m1/s1. The molecule has 40 heavy (non-hydrogen) atoms. The van der Waals surface area contributed by atoms with Crippen molar-refractivity contribution in [2.75, 3.05) is 12.4 Å². The van der Waals surface area contributed by atoms with Gasteiger partial charge in [0, 0.05) is 25.5 Å². The van der Waals surface area contributed by atoms with Gasteiger partial charge in [0.05, 0.1) is 0 Å². The zero-order valence-electron chi connectivity index (χ0n) is 26.3. The van der Waals surface area contributed by atoms with Gasteiger partial charge in [-0.3, -0.25) is 9.59 Å². The molecule has 0 N–H and O–H groups in total. The van der Waals surface area contributed by atoms with Crippen molar-refractivity contribution in [3.63, 3.8) is 0 Å². The molecule has 0 aromatic rings. The molecular formula is C34H56O5S. The Morgan fingerprint density at radius 1 is 0.950 bits per heavy atom. The number of carbonyl (C=O) groups excluding carboxylic acids is 2. The number of ether oxygens (including phenoxy) is 3. The fraction of sp³-hybridized carbons (Fsp3) is 0.941. The monoisotopic (exact) mass is 576 g/mol. The van der Waals surface area contributed by atoms with E-state index in [1.807, 2.05) is 11.8 Å². The highest BCUT2D eigenvalue weighted by Crippen LogP contribution is 2.72. The van der Waals surface area contributed by atoms with Gasteiger partial charge in [0.1, 0.15) is 23.7 Å². The van der Waals surface area contributed by atoms with Crippen LogP contribution in [0, 0.1) is 52.3 Å². The smallest absolute Gasteiger partial charge is 0.302 e. The maximum atomic E-state index is 11.9. The number of hydrogen-bond acceptors (Lipinski definition) is 6. The van der Waals surface area contributed by atoms with Crippen molar-refractivity contribution in [2.45, 2.75) is 136 Å². The predicted octanol–water partition coefficient (Wildman–Crippen LogP) is 8.04. The molecule has 1 spiro atoms. The van der Waals surface area contributed by atoms with E-state index in [1.165, 1.54) is 51.9 Å². The van der Waals surface area contributed by atoms with E-state index in [1.54, 1.807) is 6.92 Å². The summed E-state index contributed by atoms with van der Waals surface area (Å²) in [7, 11) is 0. The van der Waals surface area contributed by atoms with E-state index < -0.39 is 0 Å². The van der Waals surface area contributed by atoms with Gasteiger partial charge < -0.3 is 14.2 Å². The molecule has 0 aromatic carbocycles. The average molecular weight is 577 g/mol. The first kappa shape index (κ1) is 30.7. The van der Waals surface area contributed by atoms with Crippen LogP contribution in [0.2, 0.25) is 0 Å². The van der Waals surface area contributed by atoms with Crippen molar-refractivity contribution in [2.24, 2.45) is 52.3 Å². The molecule has 0 aromatic heterocycles. The quantitative estimate of drug-likeness (QED) is 0.273. The average Bonchev–Trinajstić information content (AvgIpc) is 3.44. The lowest BCUT2D eigenvalue weighted by atomic mass is 9.43. The van der Waals surface area contributed by atoms with Gasteiger partial charge in [-0.15, -0.1) is 11.8 Å². The number of hydrogen-bond donors (Lipinski definition) is 0. The van der Waals surface area contributed by atoms with Crippen LogP contribution in [0.1, 0.15) is 119 Å². The van der Waals surface area contributed by atoms with Gasteiger partial charge in [0.25, 0.3) is 0 Å². The number of rotatable bonds is 8. The van der Waals surface area contributed by atoms with Crippen molar-refractivity contribution in [3.05, 3.63) is 0 Å². The number of esters is 2. The van der Waals surface area contributed by atoms with Crippen molar-refractivity contribution >= 4 is 23.7 Å². The minimum Gasteiger partial charge on any atom is -0.463 e. The topological polar surface area (TPSA) is 61.8 Å². The van der Waals surface area contributed by atoms with E-state index in [-0.39, 0.29) is 34.5 Å². The molecule has 5 fully saturated rings. The first-order valence-corrected chi connectivity index (χ1v) is 17.5. The second-order valence-electron chi connectivity index (χ2n) is 15.3. The molecule has 0 amide bonds. The largest absolute Gasteiger partial charge is 0.463 e. The van der Waals surface area contributed by atoms with E-state index in [2.05, 4.69) is 34.6 Å². The summed E-state index contributed by atoms with van der Waals surface area (Å²) in [5.74, 6) is 5.40. The van der Waals surface area contributed by atoms with E-state index in [4.69, 9.17) is 14.2 Å². The van der Waals surface area contributed by atoms with E-state index in [0.29, 0.717) is 29.8 Å². The van der Waals surface area contributed by atoms with Crippen LogP contribution in [0.5, 0.6) is 0 Å². The van der Waals surface area contributed by atoms with Crippen LogP contribution in [0.3, 0.4) is 0 Å². The number of thioether (sulfide) groups is 1. The van der Waals surface area contributed by atoms with Crippen LogP contribution in [0.4, 0.5) is 0 Å². The molecule has 0 radical (unpaired) electrons. The van der Waals surface area contributed by atoms with Gasteiger partial charge in [-0.2, -0.15) is 0 Å². The summed E-state index contributed by atoms with van der Waals surface area (Å²) in [4.78, 5) is 23.2. The Kier molecular flexibility index (Phi) is 9.01. The first-order chi connectivity index (χ1) is 18.9.